The van der Waals surface area contributed by atoms with Crippen LogP contribution in [0.25, 0.3) is 16.6 Å². The van der Waals surface area contributed by atoms with Crippen LogP contribution < -0.4 is 16.0 Å². The molecule has 0 aromatic carbocycles. The average Bonchev–Trinajstić information content (AvgIpc) is 3.57. The lowest BCUT2D eigenvalue weighted by molar-refractivity contribution is 0.100. The van der Waals surface area contributed by atoms with Crippen LogP contribution in [0.3, 0.4) is 0 Å². The molecule has 1 saturated heterocycles. The van der Waals surface area contributed by atoms with Crippen molar-refractivity contribution >= 4 is 23.1 Å². The maximum atomic E-state index is 12.3. The molecule has 1 aliphatic heterocycles. The molecule has 0 radical (unpaired) electrons. The van der Waals surface area contributed by atoms with Crippen LogP contribution in [-0.4, -0.2) is 54.4 Å². The quantitative estimate of drug-likeness (QED) is 0.470. The molecule has 11 nitrogen and oxygen atoms in total. The Bertz CT molecular complexity index is 1480. The van der Waals surface area contributed by atoms with Gasteiger partial charge in [-0.25, -0.2) is 14.5 Å². The fourth-order valence-electron chi connectivity index (χ4n) is 4.07. The summed E-state index contributed by atoms with van der Waals surface area (Å²) >= 11 is 0. The van der Waals surface area contributed by atoms with E-state index in [0.29, 0.717) is 46.9 Å². The van der Waals surface area contributed by atoms with Crippen molar-refractivity contribution < 1.29 is 8.91 Å². The topological polar surface area (TPSA) is 143 Å². The molecule has 1 aliphatic rings. The smallest absolute Gasteiger partial charge is 0.252 e. The fraction of sp³-hybridized carbons (Fsp3) is 0.273. The van der Waals surface area contributed by atoms with E-state index < -0.39 is 12.9 Å². The maximum Gasteiger partial charge on any atom is 0.252 e. The predicted octanol–water partition coefficient (Wildman–Crippen LogP) is 1.43. The molecule has 0 aliphatic carbocycles. The first kappa shape index (κ1) is 17.1. The van der Waals surface area contributed by atoms with Crippen molar-refractivity contribution in [1.29, 1.82) is 5.26 Å². The second kappa shape index (κ2) is 7.90. The van der Waals surface area contributed by atoms with Crippen molar-refractivity contribution in [3.05, 3.63) is 54.4 Å². The molecular weight excluding hydrogens is 420 g/mol. The molecule has 4 aromatic heterocycles. The summed E-state index contributed by atoms with van der Waals surface area (Å²) in [5.74, 6) is 0.0740. The number of fused-ring (bicyclic) bond motifs is 1. The summed E-state index contributed by atoms with van der Waals surface area (Å²) in [6.45, 7) is 0.942. The molecule has 33 heavy (non-hydrogen) atoms. The normalized spacial score (nSPS) is 19.6. The van der Waals surface area contributed by atoms with Gasteiger partial charge in [0, 0.05) is 53.7 Å². The van der Waals surface area contributed by atoms with Crippen molar-refractivity contribution in [3.63, 3.8) is 0 Å². The lowest BCUT2D eigenvalue weighted by Gasteiger charge is -2.20. The number of aryl methyl sites for hydroxylation is 1. The van der Waals surface area contributed by atoms with E-state index in [1.165, 1.54) is 31.0 Å². The van der Waals surface area contributed by atoms with Gasteiger partial charge in [0.05, 0.1) is 47.1 Å². The number of nitriles is 1. The molecule has 1 amide bonds. The van der Waals surface area contributed by atoms with Crippen LogP contribution in [0, 0.1) is 17.2 Å². The molecule has 0 bridgehead atoms. The zero-order chi connectivity index (χ0) is 25.6. The van der Waals surface area contributed by atoms with Crippen LogP contribution in [-0.2, 0) is 6.98 Å². The second-order valence-corrected chi connectivity index (χ2v) is 8.05. The number of anilines is 2. The second-order valence-electron chi connectivity index (χ2n) is 8.05. The highest BCUT2D eigenvalue weighted by atomic mass is 16.1. The standard InChI is InChI=1S/C22H22N10O/c1-13-9-31(22-25-5-14(4-23)6-26-22)12-18(13)29-20-17(21(24)33)8-28-32-11-15(3-19(20)32)16-7-27-30(2)10-16/h3,5-8,10-11,13,18,29H,9,12H2,1-2H3,(H2,24,33)/t13-,18+/m0/s1/i2D3. The van der Waals surface area contributed by atoms with Crippen molar-refractivity contribution in [3.8, 4) is 17.2 Å². The molecule has 0 unspecified atom stereocenters. The van der Waals surface area contributed by atoms with E-state index in [4.69, 9.17) is 15.1 Å². The summed E-state index contributed by atoms with van der Waals surface area (Å²) in [5, 5.41) is 20.7. The van der Waals surface area contributed by atoms with E-state index in [2.05, 4.69) is 32.4 Å². The largest absolute Gasteiger partial charge is 0.378 e. The third-order valence-electron chi connectivity index (χ3n) is 5.81. The Morgan fingerprint density at radius 2 is 2.03 bits per heavy atom. The molecule has 4 aromatic rings. The monoisotopic (exact) mass is 445 g/mol. The molecular formula is C22H22N10O. The molecule has 5 rings (SSSR count). The van der Waals surface area contributed by atoms with E-state index >= 15 is 0 Å². The number of carbonyl (C=O) groups is 1. The van der Waals surface area contributed by atoms with Gasteiger partial charge in [-0.15, -0.1) is 0 Å². The number of nitrogens with zero attached hydrogens (tertiary/aromatic N) is 8. The van der Waals surface area contributed by atoms with Gasteiger partial charge in [-0.1, -0.05) is 6.92 Å². The summed E-state index contributed by atoms with van der Waals surface area (Å²) in [6.07, 6.45) is 9.04. The number of hydrogen-bond acceptors (Lipinski definition) is 8. The minimum Gasteiger partial charge on any atom is -0.378 e. The lowest BCUT2D eigenvalue weighted by Crippen LogP contribution is -2.30. The summed E-state index contributed by atoms with van der Waals surface area (Å²) < 4.78 is 25.1. The molecule has 11 heteroatoms. The number of amides is 1. The minimum atomic E-state index is -2.38. The molecule has 166 valence electrons. The third kappa shape index (κ3) is 3.71. The van der Waals surface area contributed by atoms with Gasteiger partial charge >= 0.3 is 0 Å². The highest BCUT2D eigenvalue weighted by Gasteiger charge is 2.32. The highest BCUT2D eigenvalue weighted by Crippen LogP contribution is 2.31. The Hall–Kier alpha value is -4.46. The van der Waals surface area contributed by atoms with E-state index in [-0.39, 0.29) is 17.5 Å². The van der Waals surface area contributed by atoms with Gasteiger partial charge in [-0.2, -0.15) is 15.5 Å². The summed E-state index contributed by atoms with van der Waals surface area (Å²) in [5.41, 5.74) is 8.73. The van der Waals surface area contributed by atoms with E-state index in [1.54, 1.807) is 10.7 Å². The Labute approximate surface area is 193 Å². The number of hydrogen-bond donors (Lipinski definition) is 2. The van der Waals surface area contributed by atoms with E-state index in [0.717, 1.165) is 4.68 Å². The van der Waals surface area contributed by atoms with E-state index in [9.17, 15) is 4.79 Å². The van der Waals surface area contributed by atoms with Gasteiger partial charge in [0.2, 0.25) is 5.95 Å². The molecule has 0 spiro atoms. The van der Waals surface area contributed by atoms with E-state index in [1.807, 2.05) is 17.0 Å². The van der Waals surface area contributed by atoms with Gasteiger partial charge in [-0.05, 0) is 12.0 Å². The highest BCUT2D eigenvalue weighted by molar-refractivity contribution is 6.02. The Kier molecular flexibility index (Phi) is 4.10. The summed E-state index contributed by atoms with van der Waals surface area (Å²) in [6, 6.07) is 3.75. The number of rotatable bonds is 5. The first-order chi connectivity index (χ1) is 17.1. The average molecular weight is 446 g/mol. The number of nitrogens with two attached hydrogens (primary N) is 1. The zero-order valence-corrected chi connectivity index (χ0v) is 17.7. The zero-order valence-electron chi connectivity index (χ0n) is 20.7. The molecule has 1 fully saturated rings. The number of nitrogens with one attached hydrogen (secondary N) is 1. The fourth-order valence-corrected chi connectivity index (χ4v) is 4.07. The summed E-state index contributed by atoms with van der Waals surface area (Å²) in [4.78, 5) is 22.8. The van der Waals surface area contributed by atoms with Crippen LogP contribution in [0.4, 0.5) is 11.6 Å². The van der Waals surface area contributed by atoms with Crippen LogP contribution >= 0.6 is 0 Å². The van der Waals surface area contributed by atoms with Crippen molar-refractivity contribution in [2.75, 3.05) is 23.3 Å². The van der Waals surface area contributed by atoms with Gasteiger partial charge in [0.25, 0.3) is 5.91 Å². The van der Waals surface area contributed by atoms with Gasteiger partial charge in [0.1, 0.15) is 6.07 Å². The Morgan fingerprint density at radius 3 is 2.73 bits per heavy atom. The first-order valence-corrected chi connectivity index (χ1v) is 10.2. The van der Waals surface area contributed by atoms with Gasteiger partial charge in [0.15, 0.2) is 0 Å². The van der Waals surface area contributed by atoms with Crippen molar-refractivity contribution in [2.24, 2.45) is 18.6 Å². The van der Waals surface area contributed by atoms with Crippen LogP contribution in [0.5, 0.6) is 0 Å². The van der Waals surface area contributed by atoms with Crippen LogP contribution in [0.2, 0.25) is 0 Å². The van der Waals surface area contributed by atoms with Gasteiger partial charge < -0.3 is 16.0 Å². The maximum absolute atomic E-state index is 12.3. The molecule has 2 atom stereocenters. The Balaban J connectivity index is 1.47. The number of carbonyl (C=O) groups excluding carboxylic acids is 1. The Morgan fingerprint density at radius 1 is 1.21 bits per heavy atom. The molecule has 5 heterocycles. The van der Waals surface area contributed by atoms with Crippen LogP contribution in [0.15, 0.2) is 43.2 Å². The first-order valence-electron chi connectivity index (χ1n) is 11.7. The van der Waals surface area contributed by atoms with Crippen LogP contribution in [0.1, 0.15) is 27.0 Å². The number of primary amides is 1. The SMILES string of the molecule is [2H]C([2H])([2H])n1cc(-c2cc3c(N[C@@H]4CN(c5ncc(C#N)cn5)C[C@@H]4C)c(C(N)=O)cnn3c2)cn1. The predicted molar refractivity (Wildman–Crippen MR) is 121 cm³/mol. The third-order valence-corrected chi connectivity index (χ3v) is 5.81. The molecule has 0 saturated carbocycles. The number of aromatic nitrogens is 6. The van der Waals surface area contributed by atoms with Crippen molar-refractivity contribution in [2.45, 2.75) is 13.0 Å². The van der Waals surface area contributed by atoms with Gasteiger partial charge in [-0.3, -0.25) is 9.48 Å². The summed E-state index contributed by atoms with van der Waals surface area (Å²) in [7, 11) is 0. The lowest BCUT2D eigenvalue weighted by atomic mass is 10.1. The van der Waals surface area contributed by atoms with Crippen molar-refractivity contribution in [1.82, 2.24) is 29.4 Å². The minimum absolute atomic E-state index is 0.0646. The molecule has 3 N–H and O–H groups in total.